The topological polar surface area (TPSA) is 93.5 Å². The molecule has 1 heterocycles. The fourth-order valence-corrected chi connectivity index (χ4v) is 1.17. The Morgan fingerprint density at radius 1 is 1.59 bits per heavy atom. The van der Waals surface area contributed by atoms with Gasteiger partial charge in [0.15, 0.2) is 12.4 Å². The standard InChI is InChI=1S/C10H15N3O4/c1-7(2)12-9(14)5-13-4-8(3-11-13)17-6-10(15)16/h3-4,7H,5-6H2,1-2H3,(H,12,14)(H,15,16). The number of hydrogen-bond acceptors (Lipinski definition) is 4. The van der Waals surface area contributed by atoms with Gasteiger partial charge >= 0.3 is 5.97 Å². The molecule has 2 N–H and O–H groups in total. The zero-order chi connectivity index (χ0) is 12.8. The highest BCUT2D eigenvalue weighted by Crippen LogP contribution is 2.07. The second-order valence-corrected chi connectivity index (χ2v) is 3.78. The predicted molar refractivity (Wildman–Crippen MR) is 58.6 cm³/mol. The van der Waals surface area contributed by atoms with E-state index in [1.54, 1.807) is 0 Å². The molecule has 0 bridgehead atoms. The van der Waals surface area contributed by atoms with Crippen LogP contribution in [0, 0.1) is 0 Å². The van der Waals surface area contributed by atoms with Crippen LogP contribution in [0.2, 0.25) is 0 Å². The minimum absolute atomic E-state index is 0.0702. The molecule has 0 aliphatic heterocycles. The summed E-state index contributed by atoms with van der Waals surface area (Å²) in [5, 5.41) is 15.0. The summed E-state index contributed by atoms with van der Waals surface area (Å²) in [4.78, 5) is 21.7. The van der Waals surface area contributed by atoms with Crippen molar-refractivity contribution in [2.24, 2.45) is 0 Å². The van der Waals surface area contributed by atoms with Gasteiger partial charge in [0.05, 0.1) is 12.4 Å². The number of carboxylic acids is 1. The van der Waals surface area contributed by atoms with Crippen LogP contribution in [0.15, 0.2) is 12.4 Å². The van der Waals surface area contributed by atoms with Gasteiger partial charge in [-0.1, -0.05) is 0 Å². The van der Waals surface area contributed by atoms with E-state index in [0.29, 0.717) is 5.75 Å². The van der Waals surface area contributed by atoms with E-state index in [-0.39, 0.29) is 18.5 Å². The maximum Gasteiger partial charge on any atom is 0.341 e. The van der Waals surface area contributed by atoms with Crippen LogP contribution in [-0.2, 0) is 16.1 Å². The van der Waals surface area contributed by atoms with E-state index in [4.69, 9.17) is 9.84 Å². The fraction of sp³-hybridized carbons (Fsp3) is 0.500. The smallest absolute Gasteiger partial charge is 0.341 e. The van der Waals surface area contributed by atoms with Crippen molar-refractivity contribution in [3.05, 3.63) is 12.4 Å². The van der Waals surface area contributed by atoms with Gasteiger partial charge in [0.1, 0.15) is 6.54 Å². The Morgan fingerprint density at radius 3 is 2.88 bits per heavy atom. The lowest BCUT2D eigenvalue weighted by Gasteiger charge is -2.07. The third-order valence-corrected chi connectivity index (χ3v) is 1.73. The van der Waals surface area contributed by atoms with Crippen LogP contribution in [0.5, 0.6) is 5.75 Å². The lowest BCUT2D eigenvalue weighted by molar-refractivity contribution is -0.139. The molecule has 0 fully saturated rings. The first-order valence-electron chi connectivity index (χ1n) is 5.14. The number of ether oxygens (including phenoxy) is 1. The maximum atomic E-state index is 11.4. The van der Waals surface area contributed by atoms with Gasteiger partial charge in [0, 0.05) is 6.04 Å². The van der Waals surface area contributed by atoms with Gasteiger partial charge in [-0.05, 0) is 13.8 Å². The summed E-state index contributed by atoms with van der Waals surface area (Å²) in [5.41, 5.74) is 0. The zero-order valence-corrected chi connectivity index (χ0v) is 9.71. The van der Waals surface area contributed by atoms with E-state index in [1.165, 1.54) is 17.1 Å². The molecule has 0 radical (unpaired) electrons. The maximum absolute atomic E-state index is 11.4. The average Bonchev–Trinajstić information content (AvgIpc) is 2.61. The summed E-state index contributed by atoms with van der Waals surface area (Å²) in [7, 11) is 0. The lowest BCUT2D eigenvalue weighted by atomic mass is 10.4. The molecule has 17 heavy (non-hydrogen) atoms. The van der Waals surface area contributed by atoms with Crippen molar-refractivity contribution >= 4 is 11.9 Å². The summed E-state index contributed by atoms with van der Waals surface area (Å²) in [6.45, 7) is 3.38. The van der Waals surface area contributed by atoms with Crippen LogP contribution in [0.4, 0.5) is 0 Å². The van der Waals surface area contributed by atoms with E-state index in [1.807, 2.05) is 13.8 Å². The van der Waals surface area contributed by atoms with Gasteiger partial charge in [-0.25, -0.2) is 4.79 Å². The monoisotopic (exact) mass is 241 g/mol. The van der Waals surface area contributed by atoms with E-state index in [9.17, 15) is 9.59 Å². The Morgan fingerprint density at radius 2 is 2.29 bits per heavy atom. The number of nitrogens with zero attached hydrogens (tertiary/aromatic N) is 2. The molecule has 7 heteroatoms. The molecular formula is C10H15N3O4. The molecule has 1 aromatic rings. The number of aliphatic carboxylic acids is 1. The third kappa shape index (κ3) is 5.01. The Labute approximate surface area is 98.4 Å². The summed E-state index contributed by atoms with van der Waals surface area (Å²) < 4.78 is 6.28. The SMILES string of the molecule is CC(C)NC(=O)Cn1cc(OCC(=O)O)cn1. The van der Waals surface area contributed by atoms with Gasteiger partial charge < -0.3 is 15.2 Å². The van der Waals surface area contributed by atoms with Gasteiger partial charge in [0.25, 0.3) is 0 Å². The summed E-state index contributed by atoms with van der Waals surface area (Å²) >= 11 is 0. The molecule has 0 atom stereocenters. The first-order valence-corrected chi connectivity index (χ1v) is 5.14. The normalized spacial score (nSPS) is 10.3. The predicted octanol–water partition coefficient (Wildman–Crippen LogP) is -0.129. The summed E-state index contributed by atoms with van der Waals surface area (Å²) in [5.74, 6) is -0.895. The molecule has 94 valence electrons. The Kier molecular flexibility index (Phi) is 4.50. The number of amides is 1. The van der Waals surface area contributed by atoms with E-state index < -0.39 is 12.6 Å². The number of rotatable bonds is 6. The van der Waals surface area contributed by atoms with Gasteiger partial charge in [-0.15, -0.1) is 0 Å². The third-order valence-electron chi connectivity index (χ3n) is 1.73. The Hall–Kier alpha value is -2.05. The van der Waals surface area contributed by atoms with Gasteiger partial charge in [-0.3, -0.25) is 9.48 Å². The van der Waals surface area contributed by atoms with Gasteiger partial charge in [0.2, 0.25) is 5.91 Å². The molecule has 0 aliphatic rings. The van der Waals surface area contributed by atoms with Crippen molar-refractivity contribution in [3.8, 4) is 5.75 Å². The van der Waals surface area contributed by atoms with Crippen LogP contribution < -0.4 is 10.1 Å². The van der Waals surface area contributed by atoms with Crippen molar-refractivity contribution in [2.45, 2.75) is 26.4 Å². The Bertz CT molecular complexity index is 400. The number of carbonyl (C=O) groups is 2. The number of aromatic nitrogens is 2. The molecule has 0 aromatic carbocycles. The molecule has 7 nitrogen and oxygen atoms in total. The highest BCUT2D eigenvalue weighted by Gasteiger charge is 2.07. The molecule has 0 saturated heterocycles. The first-order chi connectivity index (χ1) is 7.97. The summed E-state index contributed by atoms with van der Waals surface area (Å²) in [6.07, 6.45) is 2.84. The van der Waals surface area contributed by atoms with Crippen LogP contribution in [0.25, 0.3) is 0 Å². The Balaban J connectivity index is 2.45. The largest absolute Gasteiger partial charge is 0.479 e. The van der Waals surface area contributed by atoms with Crippen LogP contribution in [0.3, 0.4) is 0 Å². The van der Waals surface area contributed by atoms with Gasteiger partial charge in [-0.2, -0.15) is 5.10 Å². The number of nitrogens with one attached hydrogen (secondary N) is 1. The minimum atomic E-state index is -1.06. The van der Waals surface area contributed by atoms with Crippen molar-refractivity contribution in [1.29, 1.82) is 0 Å². The molecule has 0 spiro atoms. The number of carboxylic acid groups (broad SMARTS) is 1. The molecule has 0 aliphatic carbocycles. The van der Waals surface area contributed by atoms with E-state index in [0.717, 1.165) is 0 Å². The fourth-order valence-electron chi connectivity index (χ4n) is 1.17. The van der Waals surface area contributed by atoms with Crippen molar-refractivity contribution in [2.75, 3.05) is 6.61 Å². The highest BCUT2D eigenvalue weighted by molar-refractivity contribution is 5.75. The van der Waals surface area contributed by atoms with Crippen molar-refractivity contribution in [1.82, 2.24) is 15.1 Å². The molecule has 1 amide bonds. The molecule has 0 saturated carbocycles. The van der Waals surface area contributed by atoms with Crippen molar-refractivity contribution in [3.63, 3.8) is 0 Å². The lowest BCUT2D eigenvalue weighted by Crippen LogP contribution is -2.33. The van der Waals surface area contributed by atoms with Crippen LogP contribution >= 0.6 is 0 Å². The quantitative estimate of drug-likeness (QED) is 0.723. The number of carbonyl (C=O) groups excluding carboxylic acids is 1. The molecular weight excluding hydrogens is 226 g/mol. The second-order valence-electron chi connectivity index (χ2n) is 3.78. The highest BCUT2D eigenvalue weighted by atomic mass is 16.5. The molecule has 1 rings (SSSR count). The van der Waals surface area contributed by atoms with Crippen LogP contribution in [0.1, 0.15) is 13.8 Å². The van der Waals surface area contributed by atoms with E-state index >= 15 is 0 Å². The zero-order valence-electron chi connectivity index (χ0n) is 9.71. The average molecular weight is 241 g/mol. The minimum Gasteiger partial charge on any atom is -0.479 e. The van der Waals surface area contributed by atoms with E-state index in [2.05, 4.69) is 10.4 Å². The number of hydrogen-bond donors (Lipinski definition) is 2. The first kappa shape index (κ1) is 13.0. The van der Waals surface area contributed by atoms with Crippen molar-refractivity contribution < 1.29 is 19.4 Å². The second kappa shape index (κ2) is 5.88. The molecule has 1 aromatic heterocycles. The molecule has 0 unspecified atom stereocenters. The van der Waals surface area contributed by atoms with Crippen LogP contribution in [-0.4, -0.2) is 39.4 Å². The summed E-state index contributed by atoms with van der Waals surface area (Å²) in [6, 6.07) is 0.0702.